The molecule has 6 heteroatoms. The van der Waals surface area contributed by atoms with E-state index in [4.69, 9.17) is 0 Å². The molecule has 5 nitrogen and oxygen atoms in total. The first kappa shape index (κ1) is 19.6. The molecule has 8 atom stereocenters. The van der Waals surface area contributed by atoms with Crippen LogP contribution in [-0.4, -0.2) is 45.4 Å². The molecule has 0 aromatic heterocycles. The molecule has 0 aromatic rings. The molecule has 4 aliphatic rings. The Hall–Kier alpha value is -1.66. The molecule has 28 heavy (non-hydrogen) atoms. The van der Waals surface area contributed by atoms with E-state index in [0.29, 0.717) is 24.8 Å². The minimum atomic E-state index is -2.01. The number of hydrogen-bond donors (Lipinski definition) is 2. The molecule has 3 fully saturated rings. The Morgan fingerprint density at radius 3 is 2.64 bits per heavy atom. The van der Waals surface area contributed by atoms with Gasteiger partial charge in [-0.1, -0.05) is 25.5 Å². The van der Waals surface area contributed by atoms with Crippen LogP contribution < -0.4 is 0 Å². The number of alkyl halides is 1. The van der Waals surface area contributed by atoms with Crippen LogP contribution in [0.5, 0.6) is 0 Å². The van der Waals surface area contributed by atoms with Crippen molar-refractivity contribution in [2.45, 2.75) is 63.8 Å². The number of aliphatic hydroxyl groups is 2. The lowest BCUT2D eigenvalue weighted by molar-refractivity contribution is -0.218. The summed E-state index contributed by atoms with van der Waals surface area (Å²) in [5.41, 5.74) is -5.42. The number of fused-ring (bicyclic) bond motifs is 5. The van der Waals surface area contributed by atoms with Crippen molar-refractivity contribution in [2.24, 2.45) is 28.6 Å². The Labute approximate surface area is 163 Å². The van der Waals surface area contributed by atoms with Gasteiger partial charge in [0.15, 0.2) is 17.7 Å². The Bertz CT molecular complexity index is 833. The largest absolute Gasteiger partial charge is 0.390 e. The van der Waals surface area contributed by atoms with Crippen LogP contribution >= 0.6 is 0 Å². The van der Waals surface area contributed by atoms with Gasteiger partial charge >= 0.3 is 0 Å². The second-order valence-corrected chi connectivity index (χ2v) is 9.65. The lowest BCUT2D eigenvalue weighted by Crippen LogP contribution is -2.69. The summed E-state index contributed by atoms with van der Waals surface area (Å²) >= 11 is 0. The molecule has 0 bridgehead atoms. The van der Waals surface area contributed by atoms with Crippen molar-refractivity contribution >= 4 is 17.9 Å². The third kappa shape index (κ3) is 1.96. The van der Waals surface area contributed by atoms with E-state index in [1.807, 2.05) is 0 Å². The summed E-state index contributed by atoms with van der Waals surface area (Å²) in [5, 5.41) is 22.4. The van der Waals surface area contributed by atoms with Crippen molar-refractivity contribution in [3.63, 3.8) is 0 Å². The molecule has 4 rings (SSSR count). The molecule has 2 N–H and O–H groups in total. The van der Waals surface area contributed by atoms with Crippen LogP contribution in [0.25, 0.3) is 0 Å². The molecule has 0 saturated heterocycles. The SMILES string of the molecule is CC1CC2C3CCC4=CC(=O)C=CC4(C)C3(F)C(O)CC2(C)C1(O)C(=O)C=O. The highest BCUT2D eigenvalue weighted by atomic mass is 19.1. The van der Waals surface area contributed by atoms with Gasteiger partial charge in [0.05, 0.1) is 6.10 Å². The van der Waals surface area contributed by atoms with Crippen molar-refractivity contribution in [3.05, 3.63) is 23.8 Å². The second-order valence-electron chi connectivity index (χ2n) is 9.65. The predicted molar refractivity (Wildman–Crippen MR) is 98.9 cm³/mol. The molecule has 0 radical (unpaired) electrons. The number of carbonyl (C=O) groups is 3. The number of allylic oxidation sites excluding steroid dienone is 4. The van der Waals surface area contributed by atoms with Crippen molar-refractivity contribution < 1.29 is 29.0 Å². The number of aliphatic hydroxyl groups excluding tert-OH is 1. The van der Waals surface area contributed by atoms with Gasteiger partial charge in [-0.25, -0.2) is 4.39 Å². The van der Waals surface area contributed by atoms with E-state index >= 15 is 4.39 Å². The number of halogens is 1. The van der Waals surface area contributed by atoms with Gasteiger partial charge in [-0.15, -0.1) is 0 Å². The first-order valence-electron chi connectivity index (χ1n) is 10.00. The van der Waals surface area contributed by atoms with E-state index in [1.165, 1.54) is 12.2 Å². The van der Waals surface area contributed by atoms with Gasteiger partial charge in [0.25, 0.3) is 0 Å². The van der Waals surface area contributed by atoms with E-state index in [1.54, 1.807) is 26.8 Å². The fourth-order valence-corrected chi connectivity index (χ4v) is 7.16. The van der Waals surface area contributed by atoms with Gasteiger partial charge in [0, 0.05) is 16.7 Å². The van der Waals surface area contributed by atoms with Gasteiger partial charge in [-0.2, -0.15) is 0 Å². The molecule has 8 unspecified atom stereocenters. The number of carbonyl (C=O) groups excluding carboxylic acids is 3. The molecule has 0 spiro atoms. The highest BCUT2D eigenvalue weighted by molar-refractivity contribution is 6.29. The monoisotopic (exact) mass is 390 g/mol. The minimum Gasteiger partial charge on any atom is -0.390 e. The summed E-state index contributed by atoms with van der Waals surface area (Å²) in [6, 6.07) is 0. The topological polar surface area (TPSA) is 91.7 Å². The first-order valence-corrected chi connectivity index (χ1v) is 10.00. The Kier molecular flexibility index (Phi) is 4.00. The van der Waals surface area contributed by atoms with Gasteiger partial charge in [-0.3, -0.25) is 14.4 Å². The fraction of sp³-hybridized carbons (Fsp3) is 0.682. The Morgan fingerprint density at radius 1 is 1.32 bits per heavy atom. The zero-order chi connectivity index (χ0) is 20.7. The molecule has 0 aliphatic heterocycles. The summed E-state index contributed by atoms with van der Waals surface area (Å²) in [6.07, 6.45) is 4.37. The molecule has 3 saturated carbocycles. The third-order valence-corrected chi connectivity index (χ3v) is 8.71. The lowest BCUT2D eigenvalue weighted by atomic mass is 9.44. The van der Waals surface area contributed by atoms with E-state index in [9.17, 15) is 24.6 Å². The molecule has 152 valence electrons. The summed E-state index contributed by atoms with van der Waals surface area (Å²) in [4.78, 5) is 35.5. The summed E-state index contributed by atoms with van der Waals surface area (Å²) in [5.74, 6) is -2.52. The zero-order valence-electron chi connectivity index (χ0n) is 16.4. The van der Waals surface area contributed by atoms with Crippen LogP contribution in [-0.2, 0) is 14.4 Å². The smallest absolute Gasteiger partial charge is 0.227 e. The van der Waals surface area contributed by atoms with Gasteiger partial charge < -0.3 is 10.2 Å². The van der Waals surface area contributed by atoms with Crippen molar-refractivity contribution in [1.29, 1.82) is 0 Å². The predicted octanol–water partition coefficient (Wildman–Crippen LogP) is 2.10. The maximum absolute atomic E-state index is 16.8. The molecule has 0 aromatic carbocycles. The van der Waals surface area contributed by atoms with Crippen LogP contribution in [0.3, 0.4) is 0 Å². The third-order valence-electron chi connectivity index (χ3n) is 8.71. The van der Waals surface area contributed by atoms with Crippen LogP contribution in [0.2, 0.25) is 0 Å². The molecular weight excluding hydrogens is 363 g/mol. The maximum Gasteiger partial charge on any atom is 0.227 e. The van der Waals surface area contributed by atoms with Crippen LogP contribution in [0.15, 0.2) is 23.8 Å². The lowest BCUT2D eigenvalue weighted by Gasteiger charge is -2.62. The van der Waals surface area contributed by atoms with E-state index < -0.39 is 45.8 Å². The highest BCUT2D eigenvalue weighted by Crippen LogP contribution is 2.70. The molecular formula is C22H27FO5. The standard InChI is InChI=1S/C22H27FO5/c1-12-8-16-15-5-4-13-9-14(25)6-7-19(13,2)21(15,23)17(26)10-20(16,3)22(12,28)18(27)11-24/h6-7,9,11-12,15-17,26,28H,4-5,8,10H2,1-3H3. The van der Waals surface area contributed by atoms with Crippen molar-refractivity contribution in [2.75, 3.05) is 0 Å². The minimum absolute atomic E-state index is 0.115. The number of aldehydes is 1. The maximum atomic E-state index is 16.8. The fourth-order valence-electron chi connectivity index (χ4n) is 7.16. The summed E-state index contributed by atoms with van der Waals surface area (Å²) in [6.45, 7) is 5.15. The van der Waals surface area contributed by atoms with Gasteiger partial charge in [0.2, 0.25) is 5.78 Å². The molecule has 0 heterocycles. The number of ketones is 2. The second kappa shape index (κ2) is 5.70. The summed E-state index contributed by atoms with van der Waals surface area (Å²) < 4.78 is 16.8. The van der Waals surface area contributed by atoms with E-state index in [2.05, 4.69) is 0 Å². The first-order chi connectivity index (χ1) is 13.0. The van der Waals surface area contributed by atoms with Crippen LogP contribution in [0, 0.1) is 28.6 Å². The Balaban J connectivity index is 1.85. The number of Topliss-reactive ketones (excluding diaryl/α,β-unsaturated/α-hetero) is 1. The number of rotatable bonds is 2. The van der Waals surface area contributed by atoms with Crippen LogP contribution in [0.4, 0.5) is 4.39 Å². The van der Waals surface area contributed by atoms with Gasteiger partial charge in [0.1, 0.15) is 5.60 Å². The Morgan fingerprint density at radius 2 is 2.00 bits per heavy atom. The average Bonchev–Trinajstić information content (AvgIpc) is 2.84. The molecule has 0 amide bonds. The summed E-state index contributed by atoms with van der Waals surface area (Å²) in [7, 11) is 0. The van der Waals surface area contributed by atoms with Gasteiger partial charge in [-0.05, 0) is 56.6 Å². The number of hydrogen-bond acceptors (Lipinski definition) is 5. The van der Waals surface area contributed by atoms with E-state index in [-0.39, 0.29) is 24.4 Å². The quantitative estimate of drug-likeness (QED) is 0.557. The average molecular weight is 390 g/mol. The van der Waals surface area contributed by atoms with Crippen molar-refractivity contribution in [1.82, 2.24) is 0 Å². The normalized spacial score (nSPS) is 52.4. The highest BCUT2D eigenvalue weighted by Gasteiger charge is 2.75. The molecule has 4 aliphatic carbocycles. The zero-order valence-corrected chi connectivity index (χ0v) is 16.4. The van der Waals surface area contributed by atoms with E-state index in [0.717, 1.165) is 0 Å². The van der Waals surface area contributed by atoms with Crippen molar-refractivity contribution in [3.8, 4) is 0 Å². The van der Waals surface area contributed by atoms with Crippen LogP contribution in [0.1, 0.15) is 46.5 Å².